The van der Waals surface area contributed by atoms with Crippen LogP contribution in [0.4, 0.5) is 0 Å². The van der Waals surface area contributed by atoms with Gasteiger partial charge in [0.25, 0.3) is 5.91 Å². The number of hydrogen-bond donors (Lipinski definition) is 1. The van der Waals surface area contributed by atoms with Gasteiger partial charge in [0.2, 0.25) is 10.0 Å². The van der Waals surface area contributed by atoms with E-state index in [2.05, 4.69) is 20.8 Å². The Labute approximate surface area is 175 Å². The predicted octanol–water partition coefficient (Wildman–Crippen LogP) is 1.35. The highest BCUT2D eigenvalue weighted by Crippen LogP contribution is 2.22. The van der Waals surface area contributed by atoms with E-state index in [0.717, 1.165) is 32.4 Å². The molecule has 0 unspecified atom stereocenters. The highest BCUT2D eigenvalue weighted by molar-refractivity contribution is 7.89. The van der Waals surface area contributed by atoms with Crippen molar-refractivity contribution < 1.29 is 18.1 Å². The van der Waals surface area contributed by atoms with Gasteiger partial charge in [0, 0.05) is 13.1 Å². The number of sulfonamides is 1. The lowest BCUT2D eigenvalue weighted by molar-refractivity contribution is -0.896. The van der Waals surface area contributed by atoms with Crippen molar-refractivity contribution >= 4 is 15.9 Å². The molecule has 2 fully saturated rings. The van der Waals surface area contributed by atoms with E-state index in [1.54, 1.807) is 16.4 Å². The second-order valence-electron chi connectivity index (χ2n) is 8.77. The average Bonchev–Trinajstić information content (AvgIpc) is 2.74. The molecule has 1 aromatic rings. The monoisotopic (exact) mass is 422 g/mol. The van der Waals surface area contributed by atoms with Crippen molar-refractivity contribution in [3.05, 3.63) is 29.8 Å². The minimum absolute atomic E-state index is 0.212. The highest BCUT2D eigenvalue weighted by Gasteiger charge is 2.32. The van der Waals surface area contributed by atoms with Gasteiger partial charge < -0.3 is 9.80 Å². The third kappa shape index (κ3) is 5.38. The molecule has 162 valence electrons. The van der Waals surface area contributed by atoms with E-state index in [4.69, 9.17) is 0 Å². The molecular weight excluding hydrogens is 386 g/mol. The van der Waals surface area contributed by atoms with Crippen LogP contribution in [0.2, 0.25) is 0 Å². The summed E-state index contributed by atoms with van der Waals surface area (Å²) in [5, 5.41) is 0. The zero-order valence-electron chi connectivity index (χ0n) is 18.1. The molecule has 2 saturated heterocycles. The quantitative estimate of drug-likeness (QED) is 0.753. The number of quaternary nitrogens is 1. The first-order valence-corrected chi connectivity index (χ1v) is 12.5. The van der Waals surface area contributed by atoms with Gasteiger partial charge in [0.15, 0.2) is 6.54 Å². The number of amides is 1. The summed E-state index contributed by atoms with van der Waals surface area (Å²) in [6, 6.07) is 7.33. The maximum Gasteiger partial charge on any atom is 0.277 e. The molecule has 0 aliphatic carbocycles. The van der Waals surface area contributed by atoms with Gasteiger partial charge in [-0.3, -0.25) is 4.79 Å². The molecular formula is C22H36N3O3S+. The van der Waals surface area contributed by atoms with E-state index in [1.165, 1.54) is 10.5 Å². The van der Waals surface area contributed by atoms with Crippen molar-refractivity contribution in [2.75, 3.05) is 45.8 Å². The number of nitrogens with one attached hydrogen (secondary N) is 1. The Morgan fingerprint density at radius 3 is 2.24 bits per heavy atom. The van der Waals surface area contributed by atoms with Gasteiger partial charge in [-0.05, 0) is 48.8 Å². The first-order chi connectivity index (χ1) is 13.8. The first kappa shape index (κ1) is 22.2. The Balaban J connectivity index is 1.53. The fourth-order valence-electron chi connectivity index (χ4n) is 4.16. The van der Waals surface area contributed by atoms with Crippen LogP contribution in [0, 0.1) is 5.92 Å². The van der Waals surface area contributed by atoms with E-state index in [0.29, 0.717) is 49.5 Å². The third-order valence-corrected chi connectivity index (χ3v) is 8.58. The SMILES string of the molecule is CC[C@@H](C)c1ccc(S(=O)(=O)N2CC[NH+](CC(=O)N3CCC(C)CC3)CC2)cc1. The predicted molar refractivity (Wildman–Crippen MR) is 114 cm³/mol. The van der Waals surface area contributed by atoms with Crippen molar-refractivity contribution in [3.63, 3.8) is 0 Å². The first-order valence-electron chi connectivity index (χ1n) is 11.0. The number of piperidine rings is 1. The molecule has 0 saturated carbocycles. The molecule has 7 heteroatoms. The highest BCUT2D eigenvalue weighted by atomic mass is 32.2. The smallest absolute Gasteiger partial charge is 0.277 e. The zero-order chi connectivity index (χ0) is 21.0. The summed E-state index contributed by atoms with van der Waals surface area (Å²) < 4.78 is 27.5. The maximum absolute atomic E-state index is 13.0. The molecule has 6 nitrogen and oxygen atoms in total. The fraction of sp³-hybridized carbons (Fsp3) is 0.682. The molecule has 3 rings (SSSR count). The van der Waals surface area contributed by atoms with Crippen LogP contribution in [0.25, 0.3) is 0 Å². The van der Waals surface area contributed by atoms with E-state index in [1.807, 2.05) is 17.0 Å². The number of carbonyl (C=O) groups is 1. The normalized spacial score (nSPS) is 21.3. The number of likely N-dealkylation sites (tertiary alicyclic amines) is 1. The van der Waals surface area contributed by atoms with Crippen LogP contribution < -0.4 is 4.90 Å². The van der Waals surface area contributed by atoms with E-state index < -0.39 is 10.0 Å². The molecule has 2 aliphatic rings. The van der Waals surface area contributed by atoms with Crippen LogP contribution in [0.15, 0.2) is 29.2 Å². The summed E-state index contributed by atoms with van der Waals surface area (Å²) in [6.07, 6.45) is 3.21. The molecule has 2 heterocycles. The van der Waals surface area contributed by atoms with Crippen LogP contribution in [-0.4, -0.2) is 69.3 Å². The standard InChI is InChI=1S/C22H35N3O3S/c1-4-19(3)20-5-7-21(8-6-20)29(27,28)25-15-13-23(14-16-25)17-22(26)24-11-9-18(2)10-12-24/h5-8,18-19H,4,9-17H2,1-3H3/p+1/t19-/m1/s1. The lowest BCUT2D eigenvalue weighted by Crippen LogP contribution is -3.15. The van der Waals surface area contributed by atoms with Crippen molar-refractivity contribution in [2.45, 2.75) is 50.8 Å². The summed E-state index contributed by atoms with van der Waals surface area (Å²) in [7, 11) is -3.47. The number of rotatable bonds is 6. The fourth-order valence-corrected chi connectivity index (χ4v) is 5.60. The minimum atomic E-state index is -3.47. The summed E-state index contributed by atoms with van der Waals surface area (Å²) in [6.45, 7) is 11.0. The van der Waals surface area contributed by atoms with E-state index in [9.17, 15) is 13.2 Å². The van der Waals surface area contributed by atoms with Crippen LogP contribution in [-0.2, 0) is 14.8 Å². The largest absolute Gasteiger partial charge is 0.338 e. The second kappa shape index (κ2) is 9.58. The van der Waals surface area contributed by atoms with Crippen LogP contribution >= 0.6 is 0 Å². The van der Waals surface area contributed by atoms with Crippen molar-refractivity contribution in [1.82, 2.24) is 9.21 Å². The lowest BCUT2D eigenvalue weighted by atomic mass is 9.99. The summed E-state index contributed by atoms with van der Waals surface area (Å²) in [5.74, 6) is 1.35. The van der Waals surface area contributed by atoms with Crippen LogP contribution in [0.5, 0.6) is 0 Å². The van der Waals surface area contributed by atoms with Gasteiger partial charge in [0.1, 0.15) is 0 Å². The van der Waals surface area contributed by atoms with Gasteiger partial charge >= 0.3 is 0 Å². The summed E-state index contributed by atoms with van der Waals surface area (Å²) >= 11 is 0. The van der Waals surface area contributed by atoms with Crippen molar-refractivity contribution in [2.24, 2.45) is 5.92 Å². The van der Waals surface area contributed by atoms with Gasteiger partial charge in [-0.1, -0.05) is 32.9 Å². The maximum atomic E-state index is 13.0. The Hall–Kier alpha value is -1.44. The van der Waals surface area contributed by atoms with Crippen LogP contribution in [0.1, 0.15) is 51.5 Å². The summed E-state index contributed by atoms with van der Waals surface area (Å²) in [5.41, 5.74) is 1.17. The Morgan fingerprint density at radius 2 is 1.69 bits per heavy atom. The average molecular weight is 423 g/mol. The Morgan fingerprint density at radius 1 is 1.10 bits per heavy atom. The van der Waals surface area contributed by atoms with Crippen molar-refractivity contribution in [1.29, 1.82) is 0 Å². The molecule has 2 aliphatic heterocycles. The lowest BCUT2D eigenvalue weighted by Gasteiger charge is -2.34. The molecule has 0 aromatic heterocycles. The molecule has 29 heavy (non-hydrogen) atoms. The van der Waals surface area contributed by atoms with Crippen LogP contribution in [0.3, 0.4) is 0 Å². The Bertz CT molecular complexity index is 778. The Kier molecular flexibility index (Phi) is 7.35. The molecule has 1 aromatic carbocycles. The van der Waals surface area contributed by atoms with Gasteiger partial charge in [0.05, 0.1) is 31.1 Å². The molecule has 0 radical (unpaired) electrons. The molecule has 1 atom stereocenters. The molecule has 0 bridgehead atoms. The third-order valence-electron chi connectivity index (χ3n) is 6.67. The van der Waals surface area contributed by atoms with Crippen molar-refractivity contribution in [3.8, 4) is 0 Å². The molecule has 1 N–H and O–H groups in total. The number of carbonyl (C=O) groups excluding carboxylic acids is 1. The zero-order valence-corrected chi connectivity index (χ0v) is 18.9. The topological polar surface area (TPSA) is 62.1 Å². The number of benzene rings is 1. The second-order valence-corrected chi connectivity index (χ2v) is 10.7. The number of hydrogen-bond acceptors (Lipinski definition) is 3. The van der Waals surface area contributed by atoms with E-state index in [-0.39, 0.29) is 5.91 Å². The van der Waals surface area contributed by atoms with Gasteiger partial charge in [-0.25, -0.2) is 8.42 Å². The summed E-state index contributed by atoms with van der Waals surface area (Å²) in [4.78, 5) is 16.1. The number of piperazine rings is 1. The van der Waals surface area contributed by atoms with Gasteiger partial charge in [-0.2, -0.15) is 4.31 Å². The molecule has 1 amide bonds. The minimum Gasteiger partial charge on any atom is -0.338 e. The molecule has 0 spiro atoms. The van der Waals surface area contributed by atoms with Gasteiger partial charge in [-0.15, -0.1) is 0 Å². The van der Waals surface area contributed by atoms with E-state index >= 15 is 0 Å². The number of nitrogens with zero attached hydrogens (tertiary/aromatic N) is 2.